The molecule has 1 aromatic rings. The number of aryl methyl sites for hydroxylation is 1. The largest absolute Gasteiger partial charge is 0.374 e. The number of aromatic nitrogens is 2. The lowest BCUT2D eigenvalue weighted by molar-refractivity contribution is -0.0220. The molecule has 1 aliphatic rings. The van der Waals surface area contributed by atoms with Crippen LogP contribution in [-0.4, -0.2) is 54.1 Å². The first-order chi connectivity index (χ1) is 8.45. The molecule has 1 aliphatic heterocycles. The van der Waals surface area contributed by atoms with Crippen LogP contribution in [0.3, 0.4) is 0 Å². The van der Waals surface area contributed by atoms with E-state index in [1.54, 1.807) is 11.6 Å². The first-order valence-electron chi connectivity index (χ1n) is 5.76. The third-order valence-electron chi connectivity index (χ3n) is 2.97. The van der Waals surface area contributed by atoms with E-state index >= 15 is 0 Å². The van der Waals surface area contributed by atoms with Gasteiger partial charge >= 0.3 is 0 Å². The number of nitrogens with zero attached hydrogens (tertiary/aromatic N) is 3. The van der Waals surface area contributed by atoms with E-state index < -0.39 is 10.0 Å². The Hall–Kier alpha value is -0.960. The number of rotatable bonds is 3. The fraction of sp³-hybridized carbons (Fsp3) is 0.700. The van der Waals surface area contributed by atoms with Crippen molar-refractivity contribution in [3.63, 3.8) is 0 Å². The van der Waals surface area contributed by atoms with Crippen LogP contribution in [-0.2, 0) is 21.8 Å². The van der Waals surface area contributed by atoms with Gasteiger partial charge in [0.25, 0.3) is 10.0 Å². The van der Waals surface area contributed by atoms with Crippen LogP contribution in [0.4, 0.5) is 0 Å². The lowest BCUT2D eigenvalue weighted by atomic mass is 10.2. The molecule has 2 rings (SSSR count). The number of nitrogens with two attached hydrogens (primary N) is 1. The van der Waals surface area contributed by atoms with Crippen molar-refractivity contribution in [1.82, 2.24) is 13.9 Å². The highest BCUT2D eigenvalue weighted by molar-refractivity contribution is 7.89. The zero-order chi connectivity index (χ0) is 13.3. The molecule has 2 N–H and O–H groups in total. The number of ether oxygens (including phenoxy) is 1. The van der Waals surface area contributed by atoms with Crippen LogP contribution in [0.25, 0.3) is 0 Å². The van der Waals surface area contributed by atoms with Crippen LogP contribution < -0.4 is 5.73 Å². The van der Waals surface area contributed by atoms with Gasteiger partial charge in [0.15, 0.2) is 5.03 Å². The summed E-state index contributed by atoms with van der Waals surface area (Å²) >= 11 is 0. The summed E-state index contributed by atoms with van der Waals surface area (Å²) in [5.41, 5.74) is 5.53. The molecule has 0 spiro atoms. The van der Waals surface area contributed by atoms with Gasteiger partial charge in [0.1, 0.15) is 0 Å². The van der Waals surface area contributed by atoms with Gasteiger partial charge in [-0.05, 0) is 6.92 Å². The molecule has 0 saturated carbocycles. The Balaban J connectivity index is 2.28. The summed E-state index contributed by atoms with van der Waals surface area (Å²) in [7, 11) is -1.83. The van der Waals surface area contributed by atoms with Crippen molar-refractivity contribution >= 4 is 10.0 Å². The third kappa shape index (κ3) is 2.41. The van der Waals surface area contributed by atoms with Crippen LogP contribution >= 0.6 is 0 Å². The molecule has 8 heteroatoms. The SMILES string of the molecule is CC1COC(CN)CN1S(=O)(=O)c1cn(C)cn1. The van der Waals surface area contributed by atoms with E-state index in [1.165, 1.54) is 16.8 Å². The van der Waals surface area contributed by atoms with Gasteiger partial charge < -0.3 is 15.0 Å². The normalized spacial score (nSPS) is 26.4. The van der Waals surface area contributed by atoms with Crippen LogP contribution in [0.15, 0.2) is 17.6 Å². The molecule has 0 radical (unpaired) electrons. The minimum Gasteiger partial charge on any atom is -0.374 e. The van der Waals surface area contributed by atoms with Crippen molar-refractivity contribution in [3.05, 3.63) is 12.5 Å². The summed E-state index contributed by atoms with van der Waals surface area (Å²) in [4.78, 5) is 3.91. The van der Waals surface area contributed by atoms with Crippen molar-refractivity contribution in [2.45, 2.75) is 24.1 Å². The van der Waals surface area contributed by atoms with E-state index in [2.05, 4.69) is 4.98 Å². The highest BCUT2D eigenvalue weighted by Crippen LogP contribution is 2.20. The van der Waals surface area contributed by atoms with Crippen molar-refractivity contribution in [3.8, 4) is 0 Å². The molecule has 2 heterocycles. The third-order valence-corrected chi connectivity index (χ3v) is 4.83. The second-order valence-corrected chi connectivity index (χ2v) is 6.33. The van der Waals surface area contributed by atoms with Gasteiger partial charge in [-0.3, -0.25) is 0 Å². The fourth-order valence-electron chi connectivity index (χ4n) is 1.91. The van der Waals surface area contributed by atoms with E-state index in [4.69, 9.17) is 10.5 Å². The van der Waals surface area contributed by atoms with E-state index in [9.17, 15) is 8.42 Å². The first-order valence-corrected chi connectivity index (χ1v) is 7.20. The Bertz CT molecular complexity index is 513. The number of morpholine rings is 1. The zero-order valence-corrected chi connectivity index (χ0v) is 11.3. The van der Waals surface area contributed by atoms with Crippen molar-refractivity contribution in [2.24, 2.45) is 12.8 Å². The van der Waals surface area contributed by atoms with Gasteiger partial charge in [0.2, 0.25) is 0 Å². The molecule has 0 amide bonds. The second-order valence-electron chi connectivity index (χ2n) is 4.49. The van der Waals surface area contributed by atoms with Gasteiger partial charge in [-0.2, -0.15) is 4.31 Å². The first kappa shape index (κ1) is 13.5. The van der Waals surface area contributed by atoms with Crippen LogP contribution in [0, 0.1) is 0 Å². The van der Waals surface area contributed by atoms with E-state index in [-0.39, 0.29) is 23.7 Å². The molecule has 1 aromatic heterocycles. The molecule has 2 atom stereocenters. The minimum atomic E-state index is -3.57. The molecule has 2 unspecified atom stereocenters. The predicted octanol–water partition coefficient (Wildman–Crippen LogP) is -0.843. The van der Waals surface area contributed by atoms with E-state index in [0.717, 1.165) is 0 Å². The highest BCUT2D eigenvalue weighted by atomic mass is 32.2. The number of hydrogen-bond acceptors (Lipinski definition) is 5. The smallest absolute Gasteiger partial charge is 0.262 e. The Morgan fingerprint density at radius 3 is 2.89 bits per heavy atom. The Morgan fingerprint density at radius 1 is 1.61 bits per heavy atom. The molecule has 0 aliphatic carbocycles. The molecule has 1 saturated heterocycles. The van der Waals surface area contributed by atoms with Crippen molar-refractivity contribution in [1.29, 1.82) is 0 Å². The quantitative estimate of drug-likeness (QED) is 0.776. The van der Waals surface area contributed by atoms with Gasteiger partial charge in [0.05, 0.1) is 19.0 Å². The lowest BCUT2D eigenvalue weighted by Gasteiger charge is -2.36. The molecule has 18 heavy (non-hydrogen) atoms. The number of hydrogen-bond donors (Lipinski definition) is 1. The summed E-state index contributed by atoms with van der Waals surface area (Å²) in [5, 5.41) is 0.0644. The summed E-state index contributed by atoms with van der Waals surface area (Å²) in [6, 6.07) is -0.209. The minimum absolute atomic E-state index is 0.0644. The summed E-state index contributed by atoms with van der Waals surface area (Å²) in [6.07, 6.45) is 2.72. The highest BCUT2D eigenvalue weighted by Gasteiger charge is 2.36. The number of imidazole rings is 1. The summed E-state index contributed by atoms with van der Waals surface area (Å²) < 4.78 is 33.3. The Labute approximate surface area is 107 Å². The molecule has 1 fully saturated rings. The van der Waals surface area contributed by atoms with Gasteiger partial charge in [-0.1, -0.05) is 0 Å². The summed E-state index contributed by atoms with van der Waals surface area (Å²) in [6.45, 7) is 2.75. The summed E-state index contributed by atoms with van der Waals surface area (Å²) in [5.74, 6) is 0. The maximum Gasteiger partial charge on any atom is 0.262 e. The molecule has 0 bridgehead atoms. The number of sulfonamides is 1. The van der Waals surface area contributed by atoms with E-state index in [1.807, 2.05) is 6.92 Å². The average Bonchev–Trinajstić information content (AvgIpc) is 2.77. The topological polar surface area (TPSA) is 90.5 Å². The molecule has 7 nitrogen and oxygen atoms in total. The monoisotopic (exact) mass is 274 g/mol. The molecule has 102 valence electrons. The van der Waals surface area contributed by atoms with Gasteiger partial charge in [-0.25, -0.2) is 13.4 Å². The zero-order valence-electron chi connectivity index (χ0n) is 10.5. The average molecular weight is 274 g/mol. The van der Waals surface area contributed by atoms with Crippen LogP contribution in [0.2, 0.25) is 0 Å². The predicted molar refractivity (Wildman–Crippen MR) is 65.4 cm³/mol. The van der Waals surface area contributed by atoms with Crippen LogP contribution in [0.1, 0.15) is 6.92 Å². The van der Waals surface area contributed by atoms with Gasteiger partial charge in [-0.15, -0.1) is 0 Å². The molecular weight excluding hydrogens is 256 g/mol. The molecule has 0 aromatic carbocycles. The maximum atomic E-state index is 12.4. The van der Waals surface area contributed by atoms with Gasteiger partial charge in [0, 0.05) is 32.4 Å². The van der Waals surface area contributed by atoms with Crippen LogP contribution in [0.5, 0.6) is 0 Å². The Kier molecular flexibility index (Phi) is 3.71. The second kappa shape index (κ2) is 4.96. The lowest BCUT2D eigenvalue weighted by Crippen LogP contribution is -2.52. The Morgan fingerprint density at radius 2 is 2.33 bits per heavy atom. The maximum absolute atomic E-state index is 12.4. The fourth-order valence-corrected chi connectivity index (χ4v) is 3.53. The van der Waals surface area contributed by atoms with E-state index in [0.29, 0.717) is 13.2 Å². The standard InChI is InChI=1S/C10H18N4O3S/c1-8-6-17-9(3-11)4-14(8)18(15,16)10-5-13(2)7-12-10/h5,7-9H,3-4,6,11H2,1-2H3. The van der Waals surface area contributed by atoms with Crippen molar-refractivity contribution in [2.75, 3.05) is 19.7 Å². The molecular formula is C10H18N4O3S. The van der Waals surface area contributed by atoms with Crippen molar-refractivity contribution < 1.29 is 13.2 Å².